The molecule has 0 unspecified atom stereocenters. The number of nitrogens with one attached hydrogen (secondary N) is 3. The second-order valence-corrected chi connectivity index (χ2v) is 7.44. The molecule has 27 heavy (non-hydrogen) atoms. The predicted molar refractivity (Wildman–Crippen MR) is 106 cm³/mol. The molecule has 0 saturated carbocycles. The van der Waals surface area contributed by atoms with E-state index in [2.05, 4.69) is 20.9 Å². The Morgan fingerprint density at radius 2 is 1.85 bits per heavy atom. The second kappa shape index (κ2) is 10.7. The number of halogens is 1. The molecule has 0 saturated heterocycles. The average molecular weight is 381 g/mol. The van der Waals surface area contributed by atoms with Crippen LogP contribution in [0.15, 0.2) is 23.2 Å². The fraction of sp³-hybridized carbons (Fsp3) is 0.579. The lowest BCUT2D eigenvalue weighted by atomic mass is 10.1. The number of rotatable bonds is 7. The zero-order valence-corrected chi connectivity index (χ0v) is 17.1. The minimum absolute atomic E-state index is 0.205. The number of ether oxygens (including phenoxy) is 1. The zero-order valence-electron chi connectivity index (χ0n) is 17.1. The van der Waals surface area contributed by atoms with Crippen LogP contribution < -0.4 is 16.0 Å². The predicted octanol–water partition coefficient (Wildman–Crippen LogP) is 2.08. The zero-order chi connectivity index (χ0) is 20.4. The Hall–Kier alpha value is -2.35. The van der Waals surface area contributed by atoms with E-state index in [0.717, 1.165) is 5.56 Å². The lowest BCUT2D eigenvalue weighted by Crippen LogP contribution is -2.42. The lowest BCUT2D eigenvalue weighted by molar-refractivity contribution is 0.0529. The third kappa shape index (κ3) is 9.79. The Morgan fingerprint density at radius 3 is 2.44 bits per heavy atom. The molecule has 0 atom stereocenters. The monoisotopic (exact) mass is 381 g/mol. The smallest absolute Gasteiger partial charge is 0.407 e. The van der Waals surface area contributed by atoms with Crippen LogP contribution in [0.5, 0.6) is 0 Å². The van der Waals surface area contributed by atoms with Crippen LogP contribution >= 0.6 is 0 Å². The van der Waals surface area contributed by atoms with Crippen molar-refractivity contribution in [1.29, 1.82) is 0 Å². The molecule has 1 aromatic rings. The van der Waals surface area contributed by atoms with Gasteiger partial charge in [-0.3, -0.25) is 4.99 Å². The summed E-state index contributed by atoms with van der Waals surface area (Å²) < 4.78 is 19.0. The highest BCUT2D eigenvalue weighted by Crippen LogP contribution is 2.12. The van der Waals surface area contributed by atoms with E-state index in [0.29, 0.717) is 37.7 Å². The molecule has 0 radical (unpaired) electrons. The molecule has 8 heteroatoms. The van der Waals surface area contributed by atoms with Crippen molar-refractivity contribution in [3.63, 3.8) is 0 Å². The van der Waals surface area contributed by atoms with E-state index >= 15 is 0 Å². The van der Waals surface area contributed by atoms with Gasteiger partial charge in [-0.05, 0) is 52.6 Å². The normalized spacial score (nSPS) is 12.1. The first-order valence-corrected chi connectivity index (χ1v) is 8.94. The molecule has 7 nitrogen and oxygen atoms in total. The quantitative estimate of drug-likeness (QED) is 0.383. The first-order valence-electron chi connectivity index (χ1n) is 8.94. The highest BCUT2D eigenvalue weighted by molar-refractivity contribution is 5.79. The van der Waals surface area contributed by atoms with Crippen LogP contribution in [0, 0.1) is 5.82 Å². The summed E-state index contributed by atoms with van der Waals surface area (Å²) >= 11 is 0. The van der Waals surface area contributed by atoms with Crippen molar-refractivity contribution < 1.29 is 13.9 Å². The van der Waals surface area contributed by atoms with Crippen LogP contribution in [-0.4, -0.2) is 56.8 Å². The molecule has 0 aliphatic rings. The van der Waals surface area contributed by atoms with Crippen molar-refractivity contribution >= 4 is 12.1 Å². The molecule has 3 N–H and O–H groups in total. The molecular formula is C19H32FN5O2. The molecule has 1 aromatic carbocycles. The van der Waals surface area contributed by atoms with Gasteiger partial charge in [0.1, 0.15) is 11.4 Å². The van der Waals surface area contributed by atoms with Gasteiger partial charge in [0.2, 0.25) is 0 Å². The maximum absolute atomic E-state index is 13.8. The SMILES string of the molecule is CN=C(NCCNC(=O)OC(C)(C)C)NCc1ccc(F)c(CN(C)C)c1. The number of hydrogen-bond acceptors (Lipinski definition) is 4. The summed E-state index contributed by atoms with van der Waals surface area (Å²) in [6.45, 7) is 7.40. The third-order valence-electron chi connectivity index (χ3n) is 3.37. The van der Waals surface area contributed by atoms with E-state index < -0.39 is 11.7 Å². The summed E-state index contributed by atoms with van der Waals surface area (Å²) in [7, 11) is 5.47. The van der Waals surface area contributed by atoms with Crippen molar-refractivity contribution in [3.8, 4) is 0 Å². The molecular weight excluding hydrogens is 349 g/mol. The van der Waals surface area contributed by atoms with E-state index in [4.69, 9.17) is 4.74 Å². The number of benzene rings is 1. The minimum atomic E-state index is -0.518. The third-order valence-corrected chi connectivity index (χ3v) is 3.37. The maximum Gasteiger partial charge on any atom is 0.407 e. The number of carbonyl (C=O) groups excluding carboxylic acids is 1. The molecule has 0 aromatic heterocycles. The number of hydrogen-bond donors (Lipinski definition) is 3. The summed E-state index contributed by atoms with van der Waals surface area (Å²) in [5.41, 5.74) is 1.10. The summed E-state index contributed by atoms with van der Waals surface area (Å²) in [5, 5.41) is 8.94. The number of carbonyl (C=O) groups is 1. The van der Waals surface area contributed by atoms with E-state index in [1.165, 1.54) is 6.07 Å². The number of amides is 1. The fourth-order valence-corrected chi connectivity index (χ4v) is 2.27. The van der Waals surface area contributed by atoms with Crippen molar-refractivity contribution in [1.82, 2.24) is 20.9 Å². The van der Waals surface area contributed by atoms with Gasteiger partial charge in [-0.2, -0.15) is 0 Å². The Balaban J connectivity index is 2.41. The van der Waals surface area contributed by atoms with Crippen LogP contribution in [0.3, 0.4) is 0 Å². The van der Waals surface area contributed by atoms with E-state index in [-0.39, 0.29) is 5.82 Å². The Morgan fingerprint density at radius 1 is 1.19 bits per heavy atom. The van der Waals surface area contributed by atoms with E-state index in [9.17, 15) is 9.18 Å². The largest absolute Gasteiger partial charge is 0.444 e. The second-order valence-electron chi connectivity index (χ2n) is 7.44. The average Bonchev–Trinajstić information content (AvgIpc) is 2.54. The summed E-state index contributed by atoms with van der Waals surface area (Å²) in [6, 6.07) is 5.08. The topological polar surface area (TPSA) is 78.0 Å². The molecule has 0 bridgehead atoms. The van der Waals surface area contributed by atoms with Gasteiger partial charge in [-0.15, -0.1) is 0 Å². The van der Waals surface area contributed by atoms with Crippen molar-refractivity contribution in [2.24, 2.45) is 4.99 Å². The fourth-order valence-electron chi connectivity index (χ4n) is 2.27. The van der Waals surface area contributed by atoms with Crippen molar-refractivity contribution in [2.75, 3.05) is 34.2 Å². The molecule has 0 aliphatic carbocycles. The molecule has 0 heterocycles. The first-order chi connectivity index (χ1) is 12.6. The van der Waals surface area contributed by atoms with Crippen molar-refractivity contribution in [2.45, 2.75) is 39.5 Å². The van der Waals surface area contributed by atoms with Gasteiger partial charge in [0.05, 0.1) is 0 Å². The van der Waals surface area contributed by atoms with Gasteiger partial charge in [-0.1, -0.05) is 6.07 Å². The van der Waals surface area contributed by atoms with Gasteiger partial charge in [0, 0.05) is 38.8 Å². The molecule has 1 amide bonds. The van der Waals surface area contributed by atoms with Gasteiger partial charge in [-0.25, -0.2) is 9.18 Å². The highest BCUT2D eigenvalue weighted by atomic mass is 19.1. The summed E-state index contributed by atoms with van der Waals surface area (Å²) in [5.74, 6) is 0.391. The minimum Gasteiger partial charge on any atom is -0.444 e. The van der Waals surface area contributed by atoms with Crippen LogP contribution in [0.2, 0.25) is 0 Å². The molecule has 0 aliphatic heterocycles. The molecule has 1 rings (SSSR count). The Labute approximate surface area is 161 Å². The van der Waals surface area contributed by atoms with Gasteiger partial charge in [0.15, 0.2) is 5.96 Å². The first kappa shape index (κ1) is 22.7. The van der Waals surface area contributed by atoms with Gasteiger partial charge >= 0.3 is 6.09 Å². The number of alkyl carbamates (subject to hydrolysis) is 1. The van der Waals surface area contributed by atoms with Crippen LogP contribution in [0.1, 0.15) is 31.9 Å². The number of aliphatic imine (C=N–C) groups is 1. The van der Waals surface area contributed by atoms with Crippen LogP contribution in [0.25, 0.3) is 0 Å². The highest BCUT2D eigenvalue weighted by Gasteiger charge is 2.15. The summed E-state index contributed by atoms with van der Waals surface area (Å²) in [6.07, 6.45) is -0.452. The number of nitrogens with zero attached hydrogens (tertiary/aromatic N) is 2. The molecule has 0 spiro atoms. The van der Waals surface area contributed by atoms with Gasteiger partial charge in [0.25, 0.3) is 0 Å². The van der Waals surface area contributed by atoms with Crippen molar-refractivity contribution in [3.05, 3.63) is 35.1 Å². The van der Waals surface area contributed by atoms with E-state index in [1.54, 1.807) is 13.1 Å². The van der Waals surface area contributed by atoms with Crippen LogP contribution in [0.4, 0.5) is 9.18 Å². The maximum atomic E-state index is 13.8. The molecule has 0 fully saturated rings. The van der Waals surface area contributed by atoms with Crippen LogP contribution in [-0.2, 0) is 17.8 Å². The summed E-state index contributed by atoms with van der Waals surface area (Å²) in [4.78, 5) is 17.6. The number of guanidine groups is 1. The Bertz CT molecular complexity index is 641. The lowest BCUT2D eigenvalue weighted by Gasteiger charge is -2.20. The van der Waals surface area contributed by atoms with Gasteiger partial charge < -0.3 is 25.6 Å². The Kier molecular flexibility index (Phi) is 9.00. The standard InChI is InChI=1S/C19H32FN5O2/c1-19(2,3)27-18(26)23-10-9-22-17(21-4)24-12-14-7-8-16(20)15(11-14)13-25(5)6/h7-8,11H,9-10,12-13H2,1-6H3,(H,23,26)(H2,21,22,24). The molecule has 152 valence electrons. The van der Waals surface area contributed by atoms with E-state index in [1.807, 2.05) is 45.8 Å².